The van der Waals surface area contributed by atoms with Crippen molar-refractivity contribution in [3.8, 4) is 11.1 Å². The van der Waals surface area contributed by atoms with Gasteiger partial charge in [0.1, 0.15) is 5.02 Å². The minimum absolute atomic E-state index is 0.121. The van der Waals surface area contributed by atoms with Gasteiger partial charge in [0.15, 0.2) is 0 Å². The van der Waals surface area contributed by atoms with Crippen LogP contribution in [0.2, 0.25) is 5.02 Å². The molecule has 0 saturated heterocycles. The SMILES string of the molecule is CCCCn1ccc(-c2ccc3c(ccn3[C@H]3CC[C@@](C)(O)CC3)c2)c(Cl)c1=O. The molecule has 5 heteroatoms. The average molecular weight is 413 g/mol. The zero-order valence-corrected chi connectivity index (χ0v) is 18.0. The van der Waals surface area contributed by atoms with E-state index < -0.39 is 5.60 Å². The molecule has 0 radical (unpaired) electrons. The summed E-state index contributed by atoms with van der Waals surface area (Å²) in [6.07, 6.45) is 9.63. The van der Waals surface area contributed by atoms with Gasteiger partial charge in [-0.1, -0.05) is 31.0 Å². The number of nitrogens with zero attached hydrogens (tertiary/aromatic N) is 2. The molecule has 29 heavy (non-hydrogen) atoms. The molecule has 154 valence electrons. The maximum atomic E-state index is 12.6. The molecule has 1 fully saturated rings. The summed E-state index contributed by atoms with van der Waals surface area (Å²) in [4.78, 5) is 12.6. The molecule has 0 spiro atoms. The molecule has 0 atom stereocenters. The third-order valence-corrected chi connectivity index (χ3v) is 6.68. The summed E-state index contributed by atoms with van der Waals surface area (Å²) in [5, 5.41) is 11.7. The number of benzene rings is 1. The van der Waals surface area contributed by atoms with Gasteiger partial charge in [0, 0.05) is 41.4 Å². The smallest absolute Gasteiger partial charge is 0.269 e. The Morgan fingerprint density at radius 2 is 1.93 bits per heavy atom. The van der Waals surface area contributed by atoms with Gasteiger partial charge in [-0.25, -0.2) is 0 Å². The van der Waals surface area contributed by atoms with E-state index in [-0.39, 0.29) is 10.6 Å². The van der Waals surface area contributed by atoms with E-state index in [9.17, 15) is 9.90 Å². The Kier molecular flexibility index (Phi) is 5.58. The van der Waals surface area contributed by atoms with E-state index in [4.69, 9.17) is 11.6 Å². The predicted molar refractivity (Wildman–Crippen MR) is 120 cm³/mol. The first kappa shape index (κ1) is 20.2. The average Bonchev–Trinajstić information content (AvgIpc) is 3.12. The summed E-state index contributed by atoms with van der Waals surface area (Å²) >= 11 is 6.45. The molecular formula is C24H29ClN2O2. The summed E-state index contributed by atoms with van der Waals surface area (Å²) < 4.78 is 4.03. The Hall–Kier alpha value is -2.04. The lowest BCUT2D eigenvalue weighted by Crippen LogP contribution is -2.31. The molecule has 0 amide bonds. The third kappa shape index (κ3) is 4.01. The zero-order valence-electron chi connectivity index (χ0n) is 17.2. The highest BCUT2D eigenvalue weighted by Gasteiger charge is 2.29. The van der Waals surface area contributed by atoms with Crippen LogP contribution in [0, 0.1) is 0 Å². The number of aliphatic hydroxyl groups is 1. The van der Waals surface area contributed by atoms with Crippen LogP contribution in [0.5, 0.6) is 0 Å². The molecule has 0 unspecified atom stereocenters. The van der Waals surface area contributed by atoms with Crippen molar-refractivity contribution in [2.45, 2.75) is 70.6 Å². The van der Waals surface area contributed by atoms with Gasteiger partial charge in [-0.05, 0) is 68.9 Å². The number of rotatable bonds is 5. The Labute approximate surface area is 176 Å². The van der Waals surface area contributed by atoms with E-state index in [0.717, 1.165) is 55.0 Å². The molecule has 2 aromatic heterocycles. The number of aromatic nitrogens is 2. The van der Waals surface area contributed by atoms with E-state index >= 15 is 0 Å². The van der Waals surface area contributed by atoms with Crippen molar-refractivity contribution in [2.75, 3.05) is 0 Å². The molecule has 1 aliphatic carbocycles. The fourth-order valence-corrected chi connectivity index (χ4v) is 4.71. The summed E-state index contributed by atoms with van der Waals surface area (Å²) in [5.74, 6) is 0. The molecule has 4 nitrogen and oxygen atoms in total. The molecule has 1 aliphatic rings. The Morgan fingerprint density at radius 3 is 2.66 bits per heavy atom. The van der Waals surface area contributed by atoms with Crippen LogP contribution < -0.4 is 5.56 Å². The lowest BCUT2D eigenvalue weighted by Gasteiger charge is -2.34. The Balaban J connectivity index is 1.64. The highest BCUT2D eigenvalue weighted by molar-refractivity contribution is 6.33. The lowest BCUT2D eigenvalue weighted by atomic mass is 9.83. The van der Waals surface area contributed by atoms with E-state index in [1.54, 1.807) is 4.57 Å². The Morgan fingerprint density at radius 1 is 1.17 bits per heavy atom. The number of aryl methyl sites for hydroxylation is 1. The maximum Gasteiger partial charge on any atom is 0.269 e. The molecule has 1 aromatic carbocycles. The van der Waals surface area contributed by atoms with E-state index in [2.05, 4.69) is 42.0 Å². The molecule has 0 aliphatic heterocycles. The normalized spacial score (nSPS) is 22.3. The first-order valence-electron chi connectivity index (χ1n) is 10.6. The molecule has 1 saturated carbocycles. The summed E-state index contributed by atoms with van der Waals surface area (Å²) in [7, 11) is 0. The van der Waals surface area contributed by atoms with Crippen molar-refractivity contribution >= 4 is 22.5 Å². The fraction of sp³-hybridized carbons (Fsp3) is 0.458. The van der Waals surface area contributed by atoms with Gasteiger partial charge in [0.2, 0.25) is 0 Å². The topological polar surface area (TPSA) is 47.2 Å². The number of halogens is 1. The number of hydrogen-bond acceptors (Lipinski definition) is 2. The summed E-state index contributed by atoms with van der Waals surface area (Å²) in [5.41, 5.74) is 2.29. The molecule has 1 N–H and O–H groups in total. The van der Waals surface area contributed by atoms with Crippen LogP contribution in [0.15, 0.2) is 47.5 Å². The quantitative estimate of drug-likeness (QED) is 0.576. The van der Waals surface area contributed by atoms with Crippen LogP contribution >= 0.6 is 11.6 Å². The van der Waals surface area contributed by atoms with Crippen LogP contribution in [-0.2, 0) is 6.54 Å². The van der Waals surface area contributed by atoms with Crippen LogP contribution in [0.25, 0.3) is 22.0 Å². The predicted octanol–water partition coefficient (Wildman–Crippen LogP) is 5.79. The van der Waals surface area contributed by atoms with Crippen LogP contribution in [-0.4, -0.2) is 19.8 Å². The van der Waals surface area contributed by atoms with Gasteiger partial charge in [-0.2, -0.15) is 0 Å². The van der Waals surface area contributed by atoms with Gasteiger partial charge in [0.25, 0.3) is 5.56 Å². The second-order valence-electron chi connectivity index (χ2n) is 8.62. The third-order valence-electron chi connectivity index (χ3n) is 6.32. The second kappa shape index (κ2) is 8.00. The van der Waals surface area contributed by atoms with Crippen LogP contribution in [0.1, 0.15) is 58.4 Å². The molecule has 2 heterocycles. The largest absolute Gasteiger partial charge is 0.390 e. The van der Waals surface area contributed by atoms with E-state index in [0.29, 0.717) is 12.6 Å². The van der Waals surface area contributed by atoms with Gasteiger partial charge < -0.3 is 14.2 Å². The highest BCUT2D eigenvalue weighted by atomic mass is 35.5. The molecule has 3 aromatic rings. The standard InChI is InChI=1S/C24H29ClN2O2/c1-3-4-13-26-14-10-20(22(25)23(26)28)17-5-6-21-18(16-17)9-15-27(21)19-7-11-24(2,29)12-8-19/h5-6,9-10,14-16,19,29H,3-4,7-8,11-13H2,1-2H3/t19-,24+. The fourth-order valence-electron chi connectivity index (χ4n) is 4.43. The van der Waals surface area contributed by atoms with Crippen molar-refractivity contribution in [1.82, 2.24) is 9.13 Å². The number of unbranched alkanes of at least 4 members (excludes halogenated alkanes) is 1. The number of hydrogen-bond donors (Lipinski definition) is 1. The van der Waals surface area contributed by atoms with Gasteiger partial charge in [-0.15, -0.1) is 0 Å². The van der Waals surface area contributed by atoms with Gasteiger partial charge in [0.05, 0.1) is 5.60 Å². The summed E-state index contributed by atoms with van der Waals surface area (Å²) in [6, 6.07) is 10.8. The first-order chi connectivity index (χ1) is 13.9. The van der Waals surface area contributed by atoms with Crippen molar-refractivity contribution in [2.24, 2.45) is 0 Å². The van der Waals surface area contributed by atoms with Gasteiger partial charge >= 0.3 is 0 Å². The summed E-state index contributed by atoms with van der Waals surface area (Å²) in [6.45, 7) is 4.74. The molecule has 0 bridgehead atoms. The van der Waals surface area contributed by atoms with Crippen molar-refractivity contribution in [1.29, 1.82) is 0 Å². The van der Waals surface area contributed by atoms with Crippen LogP contribution in [0.4, 0.5) is 0 Å². The number of pyridine rings is 1. The Bertz CT molecular complexity index is 1070. The lowest BCUT2D eigenvalue weighted by molar-refractivity contribution is 0.0104. The van der Waals surface area contributed by atoms with Crippen molar-refractivity contribution in [3.05, 3.63) is 58.1 Å². The maximum absolute atomic E-state index is 12.6. The highest BCUT2D eigenvalue weighted by Crippen LogP contribution is 2.37. The minimum Gasteiger partial charge on any atom is -0.390 e. The van der Waals surface area contributed by atoms with E-state index in [1.807, 2.05) is 19.2 Å². The monoisotopic (exact) mass is 412 g/mol. The van der Waals surface area contributed by atoms with Crippen molar-refractivity contribution in [3.63, 3.8) is 0 Å². The number of fused-ring (bicyclic) bond motifs is 1. The minimum atomic E-state index is -0.527. The zero-order chi connectivity index (χ0) is 20.6. The molecular weight excluding hydrogens is 384 g/mol. The second-order valence-corrected chi connectivity index (χ2v) is 9.00. The van der Waals surface area contributed by atoms with Gasteiger partial charge in [-0.3, -0.25) is 4.79 Å². The van der Waals surface area contributed by atoms with E-state index in [1.165, 1.54) is 5.52 Å². The first-order valence-corrected chi connectivity index (χ1v) is 11.0. The van der Waals surface area contributed by atoms with Crippen molar-refractivity contribution < 1.29 is 5.11 Å². The van der Waals surface area contributed by atoms with Crippen LogP contribution in [0.3, 0.4) is 0 Å². The molecule has 4 rings (SSSR count).